The largest absolute Gasteiger partial charge is 0.490 e. The lowest BCUT2D eigenvalue weighted by molar-refractivity contribution is -0.139. The molecule has 3 amide bonds. The van der Waals surface area contributed by atoms with Crippen molar-refractivity contribution in [1.82, 2.24) is 10.7 Å². The zero-order valence-electron chi connectivity index (χ0n) is 18.7. The number of carbonyl (C=O) groups is 3. The second-order valence-electron chi connectivity index (χ2n) is 6.92. The first kappa shape index (κ1) is 25.7. The van der Waals surface area contributed by atoms with E-state index >= 15 is 0 Å². The summed E-state index contributed by atoms with van der Waals surface area (Å²) in [7, 11) is 0. The van der Waals surface area contributed by atoms with Crippen molar-refractivity contribution in [3.63, 3.8) is 0 Å². The number of halogens is 1. The highest BCUT2D eigenvalue weighted by molar-refractivity contribution is 6.35. The highest BCUT2D eigenvalue weighted by Crippen LogP contribution is 2.36. The van der Waals surface area contributed by atoms with Gasteiger partial charge in [0.15, 0.2) is 18.1 Å². The van der Waals surface area contributed by atoms with Crippen molar-refractivity contribution in [2.75, 3.05) is 25.1 Å². The van der Waals surface area contributed by atoms with E-state index in [1.165, 1.54) is 12.3 Å². The molecule has 176 valence electrons. The van der Waals surface area contributed by atoms with Crippen LogP contribution in [0.5, 0.6) is 11.5 Å². The number of aryl methyl sites for hydroxylation is 1. The van der Waals surface area contributed by atoms with Crippen LogP contribution in [0.25, 0.3) is 0 Å². The Morgan fingerprint density at radius 2 is 1.79 bits per heavy atom. The van der Waals surface area contributed by atoms with Crippen LogP contribution < -0.4 is 25.5 Å². The van der Waals surface area contributed by atoms with Gasteiger partial charge in [0.05, 0.1) is 17.8 Å². The summed E-state index contributed by atoms with van der Waals surface area (Å²) in [5, 5.41) is 9.15. The molecule has 0 atom stereocenters. The Morgan fingerprint density at radius 3 is 2.45 bits per heavy atom. The molecule has 0 saturated carbocycles. The second-order valence-corrected chi connectivity index (χ2v) is 7.33. The fraction of sp³-hybridized carbons (Fsp3) is 0.304. The lowest BCUT2D eigenvalue weighted by Crippen LogP contribution is -2.38. The first-order valence-corrected chi connectivity index (χ1v) is 10.8. The van der Waals surface area contributed by atoms with Gasteiger partial charge in [-0.1, -0.05) is 36.2 Å². The van der Waals surface area contributed by atoms with Gasteiger partial charge < -0.3 is 20.1 Å². The van der Waals surface area contributed by atoms with Crippen LogP contribution in [0.2, 0.25) is 5.02 Å². The van der Waals surface area contributed by atoms with Gasteiger partial charge in [0, 0.05) is 12.2 Å². The van der Waals surface area contributed by atoms with Crippen molar-refractivity contribution in [2.45, 2.75) is 27.2 Å². The molecule has 0 aliphatic carbocycles. The molecule has 0 fully saturated rings. The minimum absolute atomic E-state index is 0.192. The summed E-state index contributed by atoms with van der Waals surface area (Å²) in [6, 6.07) is 10.5. The monoisotopic (exact) mass is 474 g/mol. The molecule has 0 radical (unpaired) electrons. The molecule has 0 aliphatic rings. The quantitative estimate of drug-likeness (QED) is 0.278. The SMILES string of the molecule is CCCNC(=O)C(=O)N/N=C\c1cc(Cl)c(OCC(=O)Nc2ccc(C)cc2)c(OCC)c1. The molecule has 0 aromatic heterocycles. The van der Waals surface area contributed by atoms with Crippen LogP contribution in [0.15, 0.2) is 41.5 Å². The van der Waals surface area contributed by atoms with E-state index < -0.39 is 11.8 Å². The van der Waals surface area contributed by atoms with Gasteiger partial charge in [-0.15, -0.1) is 0 Å². The van der Waals surface area contributed by atoms with E-state index in [9.17, 15) is 14.4 Å². The molecule has 2 aromatic carbocycles. The zero-order chi connectivity index (χ0) is 24.2. The zero-order valence-corrected chi connectivity index (χ0v) is 19.5. The minimum Gasteiger partial charge on any atom is -0.490 e. The Balaban J connectivity index is 2.03. The normalized spacial score (nSPS) is 10.5. The van der Waals surface area contributed by atoms with Crippen LogP contribution in [-0.2, 0) is 14.4 Å². The summed E-state index contributed by atoms with van der Waals surface area (Å²) in [6.45, 7) is 6.07. The van der Waals surface area contributed by atoms with Crippen LogP contribution in [0.1, 0.15) is 31.4 Å². The molecule has 0 bridgehead atoms. The lowest BCUT2D eigenvalue weighted by Gasteiger charge is -2.14. The number of benzene rings is 2. The van der Waals surface area contributed by atoms with Crippen LogP contribution in [0.3, 0.4) is 0 Å². The summed E-state index contributed by atoms with van der Waals surface area (Å²) in [4.78, 5) is 35.5. The molecule has 0 unspecified atom stereocenters. The maximum atomic E-state index is 12.2. The Bertz CT molecular complexity index is 1010. The Labute approximate surface area is 197 Å². The van der Waals surface area contributed by atoms with Crippen molar-refractivity contribution in [2.24, 2.45) is 5.10 Å². The molecule has 2 aromatic rings. The summed E-state index contributed by atoms with van der Waals surface area (Å²) in [5.41, 5.74) is 4.38. The second kappa shape index (κ2) is 13.1. The number of rotatable bonds is 10. The van der Waals surface area contributed by atoms with Gasteiger partial charge in [-0.05, 0) is 50.1 Å². The molecule has 2 rings (SSSR count). The number of hydrogen-bond acceptors (Lipinski definition) is 6. The third-order valence-corrected chi connectivity index (χ3v) is 4.42. The smallest absolute Gasteiger partial charge is 0.329 e. The molecule has 33 heavy (non-hydrogen) atoms. The van der Waals surface area contributed by atoms with Crippen molar-refractivity contribution >= 4 is 41.2 Å². The van der Waals surface area contributed by atoms with E-state index in [-0.39, 0.29) is 23.3 Å². The molecular weight excluding hydrogens is 448 g/mol. The molecule has 3 N–H and O–H groups in total. The molecule has 9 nitrogen and oxygen atoms in total. The van der Waals surface area contributed by atoms with E-state index in [0.29, 0.717) is 36.6 Å². The van der Waals surface area contributed by atoms with Crippen LogP contribution >= 0.6 is 11.6 Å². The Kier molecular flexibility index (Phi) is 10.2. The van der Waals surface area contributed by atoms with E-state index in [1.807, 2.05) is 26.0 Å². The molecule has 0 aliphatic heterocycles. The third kappa shape index (κ3) is 8.46. The average Bonchev–Trinajstić information content (AvgIpc) is 2.78. The van der Waals surface area contributed by atoms with Gasteiger partial charge in [0.2, 0.25) is 0 Å². The van der Waals surface area contributed by atoms with E-state index in [1.54, 1.807) is 25.1 Å². The van der Waals surface area contributed by atoms with Crippen LogP contribution in [0, 0.1) is 6.92 Å². The van der Waals surface area contributed by atoms with Gasteiger partial charge in [-0.2, -0.15) is 5.10 Å². The number of nitrogens with zero attached hydrogens (tertiary/aromatic N) is 1. The topological polar surface area (TPSA) is 118 Å². The predicted octanol–water partition coefficient (Wildman–Crippen LogP) is 3.04. The first-order chi connectivity index (χ1) is 15.8. The number of amides is 3. The van der Waals surface area contributed by atoms with Crippen LogP contribution in [-0.4, -0.2) is 43.7 Å². The van der Waals surface area contributed by atoms with Gasteiger partial charge in [-0.3, -0.25) is 14.4 Å². The molecular formula is C23H27ClN4O5. The van der Waals surface area contributed by atoms with Crippen molar-refractivity contribution in [1.29, 1.82) is 0 Å². The summed E-state index contributed by atoms with van der Waals surface area (Å²) < 4.78 is 11.2. The number of nitrogens with one attached hydrogen (secondary N) is 3. The minimum atomic E-state index is -0.879. The molecule has 0 spiro atoms. The van der Waals surface area contributed by atoms with Crippen LogP contribution in [0.4, 0.5) is 5.69 Å². The van der Waals surface area contributed by atoms with Gasteiger partial charge in [0.25, 0.3) is 5.91 Å². The lowest BCUT2D eigenvalue weighted by atomic mass is 10.2. The fourth-order valence-electron chi connectivity index (χ4n) is 2.57. The molecule has 10 heteroatoms. The number of carbonyl (C=O) groups excluding carboxylic acids is 3. The van der Waals surface area contributed by atoms with Gasteiger partial charge >= 0.3 is 11.8 Å². The predicted molar refractivity (Wildman–Crippen MR) is 127 cm³/mol. The highest BCUT2D eigenvalue weighted by Gasteiger charge is 2.15. The van der Waals surface area contributed by atoms with Gasteiger partial charge in [-0.25, -0.2) is 5.43 Å². The van der Waals surface area contributed by atoms with Crippen molar-refractivity contribution in [3.05, 3.63) is 52.5 Å². The maximum absolute atomic E-state index is 12.2. The highest BCUT2D eigenvalue weighted by atomic mass is 35.5. The number of hydrogen-bond donors (Lipinski definition) is 3. The number of hydrazone groups is 1. The summed E-state index contributed by atoms with van der Waals surface area (Å²) in [6.07, 6.45) is 2.02. The fourth-order valence-corrected chi connectivity index (χ4v) is 2.85. The van der Waals surface area contributed by atoms with E-state index in [4.69, 9.17) is 21.1 Å². The molecule has 0 saturated heterocycles. The van der Waals surface area contributed by atoms with Crippen molar-refractivity contribution < 1.29 is 23.9 Å². The number of anilines is 1. The standard InChI is InChI=1S/C23H27ClN4O5/c1-4-10-25-22(30)23(31)28-26-13-16-11-18(24)21(19(12-16)32-5-2)33-14-20(29)27-17-8-6-15(3)7-9-17/h6-9,11-13H,4-5,10,14H2,1-3H3,(H,25,30)(H,27,29)(H,28,31)/b26-13-. The Hall–Kier alpha value is -3.59. The third-order valence-electron chi connectivity index (χ3n) is 4.14. The average molecular weight is 475 g/mol. The Morgan fingerprint density at radius 1 is 1.06 bits per heavy atom. The van der Waals surface area contributed by atoms with E-state index in [2.05, 4.69) is 21.2 Å². The first-order valence-electron chi connectivity index (χ1n) is 10.4. The summed E-state index contributed by atoms with van der Waals surface area (Å²) in [5.74, 6) is -1.49. The van der Waals surface area contributed by atoms with Crippen molar-refractivity contribution in [3.8, 4) is 11.5 Å². The maximum Gasteiger partial charge on any atom is 0.329 e. The van der Waals surface area contributed by atoms with Gasteiger partial charge in [0.1, 0.15) is 0 Å². The van der Waals surface area contributed by atoms with E-state index in [0.717, 1.165) is 5.56 Å². The molecule has 0 heterocycles. The number of ether oxygens (including phenoxy) is 2. The summed E-state index contributed by atoms with van der Waals surface area (Å²) >= 11 is 6.33.